The topological polar surface area (TPSA) is 69.6 Å². The van der Waals surface area contributed by atoms with E-state index in [2.05, 4.69) is 10.2 Å². The summed E-state index contributed by atoms with van der Waals surface area (Å²) in [5, 5.41) is 12.3. The zero-order valence-corrected chi connectivity index (χ0v) is 11.9. The number of benzene rings is 1. The number of nitrogens with zero attached hydrogens (tertiary/aromatic N) is 1. The number of carbonyl (C=O) groups excluding carboxylic acids is 1. The Balaban J connectivity index is 1.91. The SMILES string of the molecule is O=C1CC(N2CCC(C(=O)O)c3ccccc32)CCCN1. The van der Waals surface area contributed by atoms with E-state index in [1.807, 2.05) is 24.3 Å². The maximum absolute atomic E-state index is 11.8. The van der Waals surface area contributed by atoms with Gasteiger partial charge in [-0.2, -0.15) is 0 Å². The summed E-state index contributed by atoms with van der Waals surface area (Å²) in [5.74, 6) is -1.10. The van der Waals surface area contributed by atoms with Crippen LogP contribution < -0.4 is 10.2 Å². The van der Waals surface area contributed by atoms with E-state index in [1.165, 1.54) is 0 Å². The van der Waals surface area contributed by atoms with Gasteiger partial charge in [0.15, 0.2) is 0 Å². The number of aliphatic carboxylic acids is 1. The van der Waals surface area contributed by atoms with E-state index in [-0.39, 0.29) is 11.9 Å². The minimum Gasteiger partial charge on any atom is -0.481 e. The van der Waals surface area contributed by atoms with Gasteiger partial charge in [0.1, 0.15) is 0 Å². The van der Waals surface area contributed by atoms with Crippen molar-refractivity contribution in [3.8, 4) is 0 Å². The number of carboxylic acids is 1. The monoisotopic (exact) mass is 288 g/mol. The number of para-hydroxylation sites is 1. The molecule has 0 aromatic heterocycles. The van der Waals surface area contributed by atoms with Crippen molar-refractivity contribution in [2.45, 2.75) is 37.6 Å². The molecule has 0 aliphatic carbocycles. The van der Waals surface area contributed by atoms with Crippen LogP contribution in [0.5, 0.6) is 0 Å². The molecule has 1 amide bonds. The summed E-state index contributed by atoms with van der Waals surface area (Å²) in [6.07, 6.45) is 3.03. The van der Waals surface area contributed by atoms with E-state index in [4.69, 9.17) is 0 Å². The molecule has 5 nitrogen and oxygen atoms in total. The molecule has 0 bridgehead atoms. The summed E-state index contributed by atoms with van der Waals surface area (Å²) in [7, 11) is 0. The van der Waals surface area contributed by atoms with Crippen molar-refractivity contribution in [2.24, 2.45) is 0 Å². The molecule has 0 saturated carbocycles. The van der Waals surface area contributed by atoms with Crippen molar-refractivity contribution >= 4 is 17.6 Å². The molecule has 5 heteroatoms. The molecule has 2 heterocycles. The summed E-state index contributed by atoms with van der Waals surface area (Å²) < 4.78 is 0. The molecular weight excluding hydrogens is 268 g/mol. The third-order valence-electron chi connectivity index (χ3n) is 4.48. The molecule has 2 atom stereocenters. The molecular formula is C16H20N2O3. The number of carbonyl (C=O) groups is 2. The van der Waals surface area contributed by atoms with Gasteiger partial charge in [-0.05, 0) is 30.9 Å². The van der Waals surface area contributed by atoms with Crippen molar-refractivity contribution < 1.29 is 14.7 Å². The normalized spacial score (nSPS) is 25.7. The highest BCUT2D eigenvalue weighted by Crippen LogP contribution is 2.37. The molecule has 2 N–H and O–H groups in total. The van der Waals surface area contributed by atoms with Gasteiger partial charge in [0, 0.05) is 31.2 Å². The second-order valence-corrected chi connectivity index (χ2v) is 5.78. The average Bonchev–Trinajstić information content (AvgIpc) is 2.70. The number of anilines is 1. The van der Waals surface area contributed by atoms with Crippen molar-refractivity contribution in [1.29, 1.82) is 0 Å². The van der Waals surface area contributed by atoms with E-state index < -0.39 is 11.9 Å². The first-order valence-electron chi connectivity index (χ1n) is 7.52. The molecule has 21 heavy (non-hydrogen) atoms. The summed E-state index contributed by atoms with van der Waals surface area (Å²) in [4.78, 5) is 25.4. The first kappa shape index (κ1) is 13.9. The van der Waals surface area contributed by atoms with Crippen LogP contribution in [0.3, 0.4) is 0 Å². The average molecular weight is 288 g/mol. The lowest BCUT2D eigenvalue weighted by atomic mass is 9.88. The van der Waals surface area contributed by atoms with Crippen LogP contribution >= 0.6 is 0 Å². The molecule has 1 aromatic carbocycles. The fourth-order valence-corrected chi connectivity index (χ4v) is 3.44. The zero-order chi connectivity index (χ0) is 14.8. The molecule has 3 rings (SSSR count). The molecule has 0 radical (unpaired) electrons. The highest BCUT2D eigenvalue weighted by Gasteiger charge is 2.33. The number of amides is 1. The summed E-state index contributed by atoms with van der Waals surface area (Å²) in [6.45, 7) is 1.44. The first-order chi connectivity index (χ1) is 10.2. The van der Waals surface area contributed by atoms with Gasteiger partial charge in [0.2, 0.25) is 5.91 Å². The Morgan fingerprint density at radius 3 is 2.90 bits per heavy atom. The Labute approximate surface area is 123 Å². The number of hydrogen-bond acceptors (Lipinski definition) is 3. The number of hydrogen-bond donors (Lipinski definition) is 2. The van der Waals surface area contributed by atoms with Crippen LogP contribution in [0.2, 0.25) is 0 Å². The predicted molar refractivity (Wildman–Crippen MR) is 79.4 cm³/mol. The zero-order valence-electron chi connectivity index (χ0n) is 11.9. The molecule has 1 aromatic rings. The lowest BCUT2D eigenvalue weighted by Gasteiger charge is -2.39. The highest BCUT2D eigenvalue weighted by molar-refractivity contribution is 5.81. The summed E-state index contributed by atoms with van der Waals surface area (Å²) in [5.41, 5.74) is 1.86. The summed E-state index contributed by atoms with van der Waals surface area (Å²) in [6, 6.07) is 7.87. The lowest BCUT2D eigenvalue weighted by molar-refractivity contribution is -0.139. The fourth-order valence-electron chi connectivity index (χ4n) is 3.44. The minimum atomic E-state index is -0.763. The van der Waals surface area contributed by atoms with Gasteiger partial charge in [-0.1, -0.05) is 18.2 Å². The number of fused-ring (bicyclic) bond motifs is 1. The minimum absolute atomic E-state index is 0.0929. The van der Waals surface area contributed by atoms with Crippen molar-refractivity contribution in [3.63, 3.8) is 0 Å². The van der Waals surface area contributed by atoms with E-state index in [9.17, 15) is 14.7 Å². The van der Waals surface area contributed by atoms with Crippen LogP contribution in [0, 0.1) is 0 Å². The van der Waals surface area contributed by atoms with Gasteiger partial charge in [-0.15, -0.1) is 0 Å². The van der Waals surface area contributed by atoms with E-state index in [0.717, 1.165) is 30.6 Å². The van der Waals surface area contributed by atoms with E-state index in [0.29, 0.717) is 19.4 Å². The number of carboxylic acid groups (broad SMARTS) is 1. The maximum Gasteiger partial charge on any atom is 0.311 e. The van der Waals surface area contributed by atoms with Crippen molar-refractivity contribution in [3.05, 3.63) is 29.8 Å². The number of rotatable bonds is 2. The quantitative estimate of drug-likeness (QED) is 0.869. The maximum atomic E-state index is 11.8. The first-order valence-corrected chi connectivity index (χ1v) is 7.52. The Bertz CT molecular complexity index is 558. The standard InChI is InChI=1S/C16H20N2O3/c19-15-10-11(4-3-8-17-15)18-9-7-13(16(20)21)12-5-1-2-6-14(12)18/h1-2,5-6,11,13H,3-4,7-10H2,(H,17,19)(H,20,21). The Kier molecular flexibility index (Phi) is 3.82. The second kappa shape index (κ2) is 5.76. The molecule has 1 saturated heterocycles. The molecule has 2 unspecified atom stereocenters. The van der Waals surface area contributed by atoms with Gasteiger partial charge in [-0.25, -0.2) is 0 Å². The van der Waals surface area contributed by atoms with E-state index in [1.54, 1.807) is 0 Å². The Morgan fingerprint density at radius 2 is 2.10 bits per heavy atom. The van der Waals surface area contributed by atoms with Crippen LogP contribution in [-0.2, 0) is 9.59 Å². The van der Waals surface area contributed by atoms with Gasteiger partial charge in [-0.3, -0.25) is 9.59 Å². The Hall–Kier alpha value is -2.04. The molecule has 2 aliphatic rings. The van der Waals surface area contributed by atoms with Gasteiger partial charge >= 0.3 is 5.97 Å². The molecule has 2 aliphatic heterocycles. The largest absolute Gasteiger partial charge is 0.481 e. The second-order valence-electron chi connectivity index (χ2n) is 5.78. The lowest BCUT2D eigenvalue weighted by Crippen LogP contribution is -2.42. The van der Waals surface area contributed by atoms with Crippen LogP contribution in [0.4, 0.5) is 5.69 Å². The Morgan fingerprint density at radius 1 is 1.29 bits per heavy atom. The van der Waals surface area contributed by atoms with Crippen molar-refractivity contribution in [2.75, 3.05) is 18.0 Å². The fraction of sp³-hybridized carbons (Fsp3) is 0.500. The predicted octanol–water partition coefficient (Wildman–Crippen LogP) is 1.73. The van der Waals surface area contributed by atoms with Crippen LogP contribution in [0.25, 0.3) is 0 Å². The van der Waals surface area contributed by atoms with Crippen LogP contribution in [-0.4, -0.2) is 36.1 Å². The third kappa shape index (κ3) is 2.73. The van der Waals surface area contributed by atoms with Crippen LogP contribution in [0.15, 0.2) is 24.3 Å². The van der Waals surface area contributed by atoms with Crippen molar-refractivity contribution in [1.82, 2.24) is 5.32 Å². The summed E-state index contributed by atoms with van der Waals surface area (Å²) >= 11 is 0. The number of nitrogens with one attached hydrogen (secondary N) is 1. The molecule has 1 fully saturated rings. The van der Waals surface area contributed by atoms with E-state index >= 15 is 0 Å². The van der Waals surface area contributed by atoms with Gasteiger partial charge < -0.3 is 15.3 Å². The highest BCUT2D eigenvalue weighted by atomic mass is 16.4. The van der Waals surface area contributed by atoms with Gasteiger partial charge in [0.05, 0.1) is 5.92 Å². The van der Waals surface area contributed by atoms with Gasteiger partial charge in [0.25, 0.3) is 0 Å². The van der Waals surface area contributed by atoms with Crippen LogP contribution in [0.1, 0.15) is 37.2 Å². The third-order valence-corrected chi connectivity index (χ3v) is 4.48. The smallest absolute Gasteiger partial charge is 0.311 e. The molecule has 0 spiro atoms. The molecule has 112 valence electrons.